The molecule has 0 bridgehead atoms. The van der Waals surface area contributed by atoms with Crippen molar-refractivity contribution in [1.29, 1.82) is 0 Å². The van der Waals surface area contributed by atoms with Gasteiger partial charge >= 0.3 is 0 Å². The molecule has 0 N–H and O–H groups in total. The molecule has 0 aromatic heterocycles. The minimum absolute atomic E-state index is 0.173. The molecule has 1 fully saturated rings. The van der Waals surface area contributed by atoms with Gasteiger partial charge in [-0.25, -0.2) is 0 Å². The fourth-order valence-corrected chi connectivity index (χ4v) is 1.50. The van der Waals surface area contributed by atoms with Gasteiger partial charge in [-0.1, -0.05) is 12.2 Å². The monoisotopic (exact) mass is 238 g/mol. The minimum atomic E-state index is 0.173. The zero-order valence-corrected chi connectivity index (χ0v) is 10.8. The maximum absolute atomic E-state index is 11.3. The van der Waals surface area contributed by atoms with Crippen LogP contribution in [-0.4, -0.2) is 56.1 Å². The molecule has 0 spiro atoms. The number of rotatable bonds is 5. The standard InChI is InChI=1S/C13H22N2O2/c1-14(2)13(16)7-5-3-4-6-8-15-9-11-17-12-10-15/h3-4,6,8H,5,7,9-12H2,1-2H3/b4-3+,8-6+. The fraction of sp³-hybridized carbons (Fsp3) is 0.615. The van der Waals surface area contributed by atoms with Crippen molar-refractivity contribution >= 4 is 5.91 Å². The lowest BCUT2D eigenvalue weighted by atomic mass is 10.2. The predicted octanol–water partition coefficient (Wildman–Crippen LogP) is 1.26. The summed E-state index contributed by atoms with van der Waals surface area (Å²) in [5, 5.41) is 0. The Morgan fingerprint density at radius 3 is 2.65 bits per heavy atom. The number of carbonyl (C=O) groups is 1. The Labute approximate surface area is 104 Å². The van der Waals surface area contributed by atoms with Crippen LogP contribution in [0, 0.1) is 0 Å². The Morgan fingerprint density at radius 1 is 1.29 bits per heavy atom. The average Bonchev–Trinajstić information content (AvgIpc) is 2.34. The molecular weight excluding hydrogens is 216 g/mol. The summed E-state index contributed by atoms with van der Waals surface area (Å²) >= 11 is 0. The quantitative estimate of drug-likeness (QED) is 0.676. The Balaban J connectivity index is 2.12. The number of nitrogens with zero attached hydrogens (tertiary/aromatic N) is 2. The first kappa shape index (κ1) is 13.8. The number of allylic oxidation sites excluding steroid dienone is 3. The van der Waals surface area contributed by atoms with Gasteiger partial charge in [0.25, 0.3) is 0 Å². The van der Waals surface area contributed by atoms with E-state index in [0.717, 1.165) is 32.7 Å². The highest BCUT2D eigenvalue weighted by Crippen LogP contribution is 1.98. The molecule has 1 saturated heterocycles. The summed E-state index contributed by atoms with van der Waals surface area (Å²) < 4.78 is 5.26. The molecule has 1 aliphatic heterocycles. The Bertz CT molecular complexity index is 279. The summed E-state index contributed by atoms with van der Waals surface area (Å²) in [4.78, 5) is 15.1. The van der Waals surface area contributed by atoms with Crippen molar-refractivity contribution in [3.05, 3.63) is 24.4 Å². The number of amides is 1. The molecule has 1 heterocycles. The van der Waals surface area contributed by atoms with Crippen molar-refractivity contribution < 1.29 is 9.53 Å². The smallest absolute Gasteiger partial charge is 0.222 e. The average molecular weight is 238 g/mol. The molecule has 17 heavy (non-hydrogen) atoms. The third kappa shape index (κ3) is 6.12. The molecule has 1 aliphatic rings. The highest BCUT2D eigenvalue weighted by molar-refractivity contribution is 5.75. The van der Waals surface area contributed by atoms with Crippen LogP contribution in [0.3, 0.4) is 0 Å². The molecule has 0 atom stereocenters. The lowest BCUT2D eigenvalue weighted by Crippen LogP contribution is -2.31. The molecule has 0 aromatic rings. The van der Waals surface area contributed by atoms with Crippen LogP contribution in [0.4, 0.5) is 0 Å². The maximum Gasteiger partial charge on any atom is 0.222 e. The molecule has 4 nitrogen and oxygen atoms in total. The van der Waals surface area contributed by atoms with E-state index < -0.39 is 0 Å². The van der Waals surface area contributed by atoms with Crippen LogP contribution >= 0.6 is 0 Å². The van der Waals surface area contributed by atoms with Gasteiger partial charge in [0.1, 0.15) is 0 Å². The predicted molar refractivity (Wildman–Crippen MR) is 68.6 cm³/mol. The molecular formula is C13H22N2O2. The molecule has 0 radical (unpaired) electrons. The van der Waals surface area contributed by atoms with E-state index in [-0.39, 0.29) is 5.91 Å². The molecule has 0 saturated carbocycles. The molecule has 1 rings (SSSR count). The Morgan fingerprint density at radius 2 is 2.00 bits per heavy atom. The van der Waals surface area contributed by atoms with Crippen molar-refractivity contribution in [2.45, 2.75) is 12.8 Å². The van der Waals surface area contributed by atoms with Crippen LogP contribution in [0.2, 0.25) is 0 Å². The highest BCUT2D eigenvalue weighted by atomic mass is 16.5. The second kappa shape index (κ2) is 7.90. The van der Waals surface area contributed by atoms with E-state index in [0.29, 0.717) is 6.42 Å². The summed E-state index contributed by atoms with van der Waals surface area (Å²) in [6.07, 6.45) is 9.49. The van der Waals surface area contributed by atoms with Crippen LogP contribution in [0.1, 0.15) is 12.8 Å². The first-order valence-corrected chi connectivity index (χ1v) is 6.05. The van der Waals surface area contributed by atoms with Gasteiger partial charge < -0.3 is 14.5 Å². The largest absolute Gasteiger partial charge is 0.378 e. The molecule has 4 heteroatoms. The van der Waals surface area contributed by atoms with Gasteiger partial charge in [-0.2, -0.15) is 0 Å². The normalized spacial score (nSPS) is 16.9. The van der Waals surface area contributed by atoms with Gasteiger partial charge in [-0.3, -0.25) is 4.79 Å². The number of morpholine rings is 1. The van der Waals surface area contributed by atoms with Gasteiger partial charge in [0.05, 0.1) is 13.2 Å². The third-order valence-corrected chi connectivity index (χ3v) is 2.61. The SMILES string of the molecule is CN(C)C(=O)CC/C=C/C=C/N1CCOCC1. The van der Waals surface area contributed by atoms with Crippen LogP contribution < -0.4 is 0 Å². The van der Waals surface area contributed by atoms with Crippen LogP contribution in [0.25, 0.3) is 0 Å². The molecule has 0 aliphatic carbocycles. The van der Waals surface area contributed by atoms with E-state index >= 15 is 0 Å². The zero-order chi connectivity index (χ0) is 12.5. The highest BCUT2D eigenvalue weighted by Gasteiger charge is 2.04. The van der Waals surface area contributed by atoms with Crippen LogP contribution in [0.5, 0.6) is 0 Å². The van der Waals surface area contributed by atoms with Crippen molar-refractivity contribution in [2.24, 2.45) is 0 Å². The Kier molecular flexibility index (Phi) is 6.40. The summed E-state index contributed by atoms with van der Waals surface area (Å²) in [7, 11) is 3.56. The van der Waals surface area contributed by atoms with E-state index in [1.165, 1.54) is 0 Å². The Hall–Kier alpha value is -1.29. The number of hydrogen-bond acceptors (Lipinski definition) is 3. The van der Waals surface area contributed by atoms with E-state index in [2.05, 4.69) is 11.1 Å². The first-order chi connectivity index (χ1) is 8.20. The van der Waals surface area contributed by atoms with Gasteiger partial charge in [0, 0.05) is 33.6 Å². The second-order valence-electron chi connectivity index (χ2n) is 4.24. The summed E-state index contributed by atoms with van der Waals surface area (Å²) in [6.45, 7) is 3.55. The zero-order valence-electron chi connectivity index (χ0n) is 10.8. The van der Waals surface area contributed by atoms with E-state index in [9.17, 15) is 4.79 Å². The molecule has 0 unspecified atom stereocenters. The fourth-order valence-electron chi connectivity index (χ4n) is 1.50. The van der Waals surface area contributed by atoms with Gasteiger partial charge in [-0.15, -0.1) is 0 Å². The minimum Gasteiger partial charge on any atom is -0.378 e. The maximum atomic E-state index is 11.3. The summed E-state index contributed by atoms with van der Waals surface area (Å²) in [5.41, 5.74) is 0. The number of hydrogen-bond donors (Lipinski definition) is 0. The van der Waals surface area contributed by atoms with Crippen molar-refractivity contribution in [1.82, 2.24) is 9.80 Å². The molecule has 96 valence electrons. The van der Waals surface area contributed by atoms with Gasteiger partial charge in [0.15, 0.2) is 0 Å². The van der Waals surface area contributed by atoms with Gasteiger partial charge in [0.2, 0.25) is 5.91 Å². The summed E-state index contributed by atoms with van der Waals surface area (Å²) in [5.74, 6) is 0.173. The number of carbonyl (C=O) groups excluding carboxylic acids is 1. The van der Waals surface area contributed by atoms with E-state index in [1.54, 1.807) is 19.0 Å². The van der Waals surface area contributed by atoms with Crippen LogP contribution in [0.15, 0.2) is 24.4 Å². The molecule has 1 amide bonds. The van der Waals surface area contributed by atoms with Gasteiger partial charge in [-0.05, 0) is 18.7 Å². The lowest BCUT2D eigenvalue weighted by molar-refractivity contribution is -0.128. The van der Waals surface area contributed by atoms with Crippen molar-refractivity contribution in [3.8, 4) is 0 Å². The number of ether oxygens (including phenoxy) is 1. The van der Waals surface area contributed by atoms with Crippen molar-refractivity contribution in [3.63, 3.8) is 0 Å². The van der Waals surface area contributed by atoms with Crippen molar-refractivity contribution in [2.75, 3.05) is 40.4 Å². The van der Waals surface area contributed by atoms with E-state index in [4.69, 9.17) is 4.74 Å². The van der Waals surface area contributed by atoms with Crippen LogP contribution in [-0.2, 0) is 9.53 Å². The first-order valence-electron chi connectivity index (χ1n) is 6.05. The van der Waals surface area contributed by atoms with E-state index in [1.807, 2.05) is 18.2 Å². The molecule has 0 aromatic carbocycles. The summed E-state index contributed by atoms with van der Waals surface area (Å²) in [6, 6.07) is 0. The second-order valence-corrected chi connectivity index (χ2v) is 4.24. The third-order valence-electron chi connectivity index (χ3n) is 2.61. The lowest BCUT2D eigenvalue weighted by Gasteiger charge is -2.24. The topological polar surface area (TPSA) is 32.8 Å².